The highest BCUT2D eigenvalue weighted by atomic mass is 16.3. The van der Waals surface area contributed by atoms with Crippen LogP contribution in [0, 0.1) is 0 Å². The summed E-state index contributed by atoms with van der Waals surface area (Å²) in [4.78, 5) is 28.9. The van der Waals surface area contributed by atoms with Gasteiger partial charge in [0, 0.05) is 50.3 Å². The Hall–Kier alpha value is -4.02. The number of pyridine rings is 1. The van der Waals surface area contributed by atoms with Crippen LogP contribution < -0.4 is 26.2 Å². The molecule has 5 rings (SSSR count). The Morgan fingerprint density at radius 2 is 1.95 bits per heavy atom. The van der Waals surface area contributed by atoms with Crippen molar-refractivity contribution in [2.24, 2.45) is 0 Å². The molecule has 1 aliphatic carbocycles. The van der Waals surface area contributed by atoms with Crippen LogP contribution in [0.15, 0.2) is 55.3 Å². The van der Waals surface area contributed by atoms with E-state index in [1.807, 2.05) is 31.2 Å². The molecule has 3 heterocycles. The van der Waals surface area contributed by atoms with Crippen LogP contribution >= 0.6 is 0 Å². The van der Waals surface area contributed by atoms with Gasteiger partial charge in [-0.15, -0.1) is 6.58 Å². The predicted octanol–water partition coefficient (Wildman–Crippen LogP) is 3.23. The summed E-state index contributed by atoms with van der Waals surface area (Å²) in [5.74, 6) is 0.826. The number of carbonyl (C=O) groups is 1. The van der Waals surface area contributed by atoms with Crippen LogP contribution in [0.5, 0.6) is 0 Å². The lowest BCUT2D eigenvalue weighted by molar-refractivity contribution is 0.0307. The number of anilines is 5. The largest absolute Gasteiger partial charge is 0.384 e. The zero-order valence-electron chi connectivity index (χ0n) is 21.6. The normalized spacial score (nSPS) is 18.5. The number of piperazine rings is 1. The van der Waals surface area contributed by atoms with E-state index in [2.05, 4.69) is 54.8 Å². The van der Waals surface area contributed by atoms with Gasteiger partial charge in [0.1, 0.15) is 22.8 Å². The minimum Gasteiger partial charge on any atom is -0.384 e. The first-order chi connectivity index (χ1) is 18.5. The molecule has 2 aromatic heterocycles. The predicted molar refractivity (Wildman–Crippen MR) is 149 cm³/mol. The summed E-state index contributed by atoms with van der Waals surface area (Å²) < 4.78 is 0. The van der Waals surface area contributed by atoms with Crippen LogP contribution in [0.2, 0.25) is 0 Å². The second-order valence-corrected chi connectivity index (χ2v) is 9.58. The fraction of sp³-hybridized carbons (Fsp3) is 0.357. The molecule has 1 atom stereocenters. The molecule has 1 amide bonds. The molecule has 38 heavy (non-hydrogen) atoms. The fourth-order valence-electron chi connectivity index (χ4n) is 4.86. The minimum atomic E-state index is -0.938. The van der Waals surface area contributed by atoms with Crippen molar-refractivity contribution in [3.63, 3.8) is 0 Å². The van der Waals surface area contributed by atoms with Crippen molar-refractivity contribution < 1.29 is 9.90 Å². The molecule has 0 saturated carbocycles. The number of aryl methyl sites for hydroxylation is 1. The monoisotopic (exact) mass is 514 g/mol. The van der Waals surface area contributed by atoms with E-state index in [4.69, 9.17) is 4.98 Å². The molecule has 3 aromatic rings. The number of nitrogens with one attached hydrogen (secondary N) is 4. The molecule has 1 saturated heterocycles. The standard InChI is InChI=1S/C28H34N8O2/c1-3-13-30-26(37)22-18-31-27(32-20-6-8-21(9-7-20)36-16-14-29-15-17-36)35-25(22)34-23-10-5-19-11-12-28(38,4-2)24(19)33-23/h3,5-10,18,29,38H,1,4,11-17H2,2H3,(H,30,37)(H2,31,32,33,34,35)/t28-/m1/s1. The molecule has 5 N–H and O–H groups in total. The van der Waals surface area contributed by atoms with Crippen LogP contribution in [0.4, 0.5) is 29.0 Å². The molecule has 10 heteroatoms. The Kier molecular flexibility index (Phi) is 7.52. The highest BCUT2D eigenvalue weighted by Gasteiger charge is 2.36. The average Bonchev–Trinajstić information content (AvgIpc) is 3.29. The molecular formula is C28H34N8O2. The van der Waals surface area contributed by atoms with Crippen LogP contribution in [-0.4, -0.2) is 58.7 Å². The SMILES string of the molecule is C=CCNC(=O)c1cnc(Nc2ccc(N3CCNCC3)cc2)nc1Nc1ccc2c(n1)[C@@](O)(CC)CC2. The fourth-order valence-corrected chi connectivity index (χ4v) is 4.86. The second-order valence-electron chi connectivity index (χ2n) is 9.58. The van der Waals surface area contributed by atoms with E-state index >= 15 is 0 Å². The first-order valence-electron chi connectivity index (χ1n) is 13.1. The summed E-state index contributed by atoms with van der Waals surface area (Å²) in [7, 11) is 0. The maximum atomic E-state index is 12.8. The number of aliphatic hydroxyl groups is 1. The molecular weight excluding hydrogens is 480 g/mol. The summed E-state index contributed by atoms with van der Waals surface area (Å²) in [6.45, 7) is 9.85. The third kappa shape index (κ3) is 5.46. The lowest BCUT2D eigenvalue weighted by Crippen LogP contribution is -2.43. The topological polar surface area (TPSA) is 127 Å². The number of fused-ring (bicyclic) bond motifs is 1. The number of rotatable bonds is 9. The van der Waals surface area contributed by atoms with Crippen molar-refractivity contribution in [3.8, 4) is 0 Å². The van der Waals surface area contributed by atoms with Crippen LogP contribution in [0.1, 0.15) is 41.4 Å². The molecule has 0 bridgehead atoms. The van der Waals surface area contributed by atoms with Crippen LogP contribution in [0.3, 0.4) is 0 Å². The Morgan fingerprint density at radius 1 is 1.16 bits per heavy atom. The first-order valence-corrected chi connectivity index (χ1v) is 13.1. The van der Waals surface area contributed by atoms with Gasteiger partial charge >= 0.3 is 0 Å². The van der Waals surface area contributed by atoms with Crippen molar-refractivity contribution in [2.75, 3.05) is 48.3 Å². The van der Waals surface area contributed by atoms with Gasteiger partial charge < -0.3 is 31.3 Å². The number of aromatic nitrogens is 3. The second kappa shape index (κ2) is 11.2. The zero-order valence-corrected chi connectivity index (χ0v) is 21.6. The summed E-state index contributed by atoms with van der Waals surface area (Å²) in [6, 6.07) is 11.9. The Morgan fingerprint density at radius 3 is 2.68 bits per heavy atom. The highest BCUT2D eigenvalue weighted by molar-refractivity contribution is 5.99. The third-order valence-electron chi connectivity index (χ3n) is 7.10. The van der Waals surface area contributed by atoms with E-state index < -0.39 is 5.60 Å². The number of amides is 1. The lowest BCUT2D eigenvalue weighted by Gasteiger charge is -2.29. The van der Waals surface area contributed by atoms with Gasteiger partial charge in [-0.05, 0) is 55.2 Å². The van der Waals surface area contributed by atoms with Gasteiger partial charge in [-0.1, -0.05) is 19.1 Å². The zero-order chi connectivity index (χ0) is 26.5. The smallest absolute Gasteiger partial charge is 0.256 e. The van der Waals surface area contributed by atoms with E-state index in [0.29, 0.717) is 42.7 Å². The summed E-state index contributed by atoms with van der Waals surface area (Å²) in [5.41, 5.74) is 3.07. The first kappa shape index (κ1) is 25.6. The van der Waals surface area contributed by atoms with Gasteiger partial charge in [-0.25, -0.2) is 9.97 Å². The van der Waals surface area contributed by atoms with Gasteiger partial charge in [-0.2, -0.15) is 4.98 Å². The molecule has 0 radical (unpaired) electrons. The van der Waals surface area contributed by atoms with Crippen molar-refractivity contribution in [2.45, 2.75) is 31.8 Å². The van der Waals surface area contributed by atoms with Crippen molar-refractivity contribution in [1.29, 1.82) is 0 Å². The molecule has 10 nitrogen and oxygen atoms in total. The van der Waals surface area contributed by atoms with Crippen molar-refractivity contribution in [3.05, 3.63) is 72.1 Å². The molecule has 198 valence electrons. The van der Waals surface area contributed by atoms with Gasteiger partial charge in [0.2, 0.25) is 5.95 Å². The van der Waals surface area contributed by atoms with Crippen LogP contribution in [0.25, 0.3) is 0 Å². The van der Waals surface area contributed by atoms with Crippen LogP contribution in [-0.2, 0) is 12.0 Å². The minimum absolute atomic E-state index is 0.277. The van der Waals surface area contributed by atoms with Gasteiger partial charge in [0.25, 0.3) is 5.91 Å². The maximum Gasteiger partial charge on any atom is 0.256 e. The van der Waals surface area contributed by atoms with Gasteiger partial charge in [0.15, 0.2) is 0 Å². The third-order valence-corrected chi connectivity index (χ3v) is 7.10. The Bertz CT molecular complexity index is 1310. The van der Waals surface area contributed by atoms with Gasteiger partial charge in [0.05, 0.1) is 5.69 Å². The van der Waals surface area contributed by atoms with Crippen molar-refractivity contribution >= 4 is 34.9 Å². The number of benzene rings is 1. The lowest BCUT2D eigenvalue weighted by atomic mass is 9.98. The van der Waals surface area contributed by atoms with E-state index in [-0.39, 0.29) is 11.5 Å². The van der Waals surface area contributed by atoms with Crippen molar-refractivity contribution in [1.82, 2.24) is 25.6 Å². The summed E-state index contributed by atoms with van der Waals surface area (Å²) in [5, 5.41) is 23.6. The molecule has 2 aliphatic rings. The quantitative estimate of drug-likeness (QED) is 0.274. The number of hydrogen-bond acceptors (Lipinski definition) is 9. The Labute approximate surface area is 222 Å². The molecule has 0 spiro atoms. The van der Waals surface area contributed by atoms with E-state index in [1.54, 1.807) is 6.08 Å². The molecule has 1 aromatic carbocycles. The van der Waals surface area contributed by atoms with E-state index in [0.717, 1.165) is 43.9 Å². The molecule has 1 fully saturated rings. The maximum absolute atomic E-state index is 12.8. The Balaban J connectivity index is 1.40. The number of hydrogen-bond donors (Lipinski definition) is 5. The summed E-state index contributed by atoms with van der Waals surface area (Å²) in [6.07, 6.45) is 5.12. The molecule has 0 unspecified atom stereocenters. The highest BCUT2D eigenvalue weighted by Crippen LogP contribution is 2.38. The number of nitrogens with zero attached hydrogens (tertiary/aromatic N) is 4. The number of carbonyl (C=O) groups excluding carboxylic acids is 1. The molecule has 1 aliphatic heterocycles. The van der Waals surface area contributed by atoms with Gasteiger partial charge in [-0.3, -0.25) is 4.79 Å². The van der Waals surface area contributed by atoms with E-state index in [1.165, 1.54) is 11.9 Å². The average molecular weight is 515 g/mol. The summed E-state index contributed by atoms with van der Waals surface area (Å²) >= 11 is 0. The van der Waals surface area contributed by atoms with E-state index in [9.17, 15) is 9.90 Å².